The zero-order valence-corrected chi connectivity index (χ0v) is 14.8. The van der Waals surface area contributed by atoms with Crippen molar-refractivity contribution in [2.45, 2.75) is 39.7 Å². The molecule has 1 heterocycles. The van der Waals surface area contributed by atoms with Gasteiger partial charge in [0, 0.05) is 20.1 Å². The lowest BCUT2D eigenvalue weighted by atomic mass is 9.99. The Balaban J connectivity index is 1.63. The van der Waals surface area contributed by atoms with Crippen molar-refractivity contribution in [2.24, 2.45) is 5.92 Å². The van der Waals surface area contributed by atoms with Gasteiger partial charge >= 0.3 is 6.03 Å². The number of piperidine rings is 1. The van der Waals surface area contributed by atoms with Crippen LogP contribution < -0.4 is 5.32 Å². The van der Waals surface area contributed by atoms with Crippen LogP contribution in [-0.4, -0.2) is 49.1 Å². The zero-order valence-electron chi connectivity index (χ0n) is 14.8. The Morgan fingerprint density at radius 2 is 2.00 bits per heavy atom. The third-order valence-corrected chi connectivity index (χ3v) is 4.82. The summed E-state index contributed by atoms with van der Waals surface area (Å²) in [5.41, 5.74) is 2.43. The molecule has 1 aliphatic rings. The molecule has 2 rings (SSSR count). The normalized spacial score (nSPS) is 16.3. The molecule has 1 fully saturated rings. The van der Waals surface area contributed by atoms with E-state index in [0.29, 0.717) is 6.54 Å². The van der Waals surface area contributed by atoms with Crippen LogP contribution in [0.1, 0.15) is 37.3 Å². The van der Waals surface area contributed by atoms with Crippen LogP contribution in [0.4, 0.5) is 4.79 Å². The van der Waals surface area contributed by atoms with Crippen molar-refractivity contribution < 1.29 is 4.79 Å². The average molecular weight is 317 g/mol. The van der Waals surface area contributed by atoms with Gasteiger partial charge in [-0.2, -0.15) is 0 Å². The number of urea groups is 1. The van der Waals surface area contributed by atoms with Crippen LogP contribution in [0.25, 0.3) is 0 Å². The summed E-state index contributed by atoms with van der Waals surface area (Å²) in [5, 5.41) is 3.03. The van der Waals surface area contributed by atoms with Gasteiger partial charge < -0.3 is 15.1 Å². The highest BCUT2D eigenvalue weighted by Crippen LogP contribution is 2.15. The van der Waals surface area contributed by atoms with Gasteiger partial charge in [-0.25, -0.2) is 4.79 Å². The first-order valence-corrected chi connectivity index (χ1v) is 8.82. The van der Waals surface area contributed by atoms with E-state index in [-0.39, 0.29) is 6.03 Å². The van der Waals surface area contributed by atoms with Crippen LogP contribution in [0.15, 0.2) is 24.3 Å². The Bertz CT molecular complexity index is 495. The van der Waals surface area contributed by atoms with Gasteiger partial charge in [-0.05, 0) is 62.9 Å². The van der Waals surface area contributed by atoms with E-state index in [1.54, 1.807) is 4.90 Å². The molecule has 0 bridgehead atoms. The molecule has 128 valence electrons. The fraction of sp³-hybridized carbons (Fsp3) is 0.632. The molecule has 1 aromatic rings. The predicted octanol–water partition coefficient (Wildman–Crippen LogP) is 3.26. The van der Waals surface area contributed by atoms with E-state index in [1.165, 1.54) is 37.1 Å². The third kappa shape index (κ3) is 5.87. The molecular weight excluding hydrogens is 286 g/mol. The number of rotatable bonds is 6. The zero-order chi connectivity index (χ0) is 16.7. The molecule has 0 atom stereocenters. The van der Waals surface area contributed by atoms with E-state index in [2.05, 4.69) is 36.2 Å². The van der Waals surface area contributed by atoms with E-state index >= 15 is 0 Å². The summed E-state index contributed by atoms with van der Waals surface area (Å²) in [4.78, 5) is 16.4. The number of benzene rings is 1. The molecule has 1 aromatic carbocycles. The van der Waals surface area contributed by atoms with Gasteiger partial charge in [0.2, 0.25) is 0 Å². The van der Waals surface area contributed by atoms with Crippen LogP contribution in [0.3, 0.4) is 0 Å². The van der Waals surface area contributed by atoms with E-state index < -0.39 is 0 Å². The quantitative estimate of drug-likeness (QED) is 0.818. The minimum atomic E-state index is 0.0144. The number of aryl methyl sites for hydroxylation is 1. The summed E-state index contributed by atoms with van der Waals surface area (Å²) in [5.74, 6) is 0.876. The standard InChI is InChI=1S/C19H31N3O/c1-16-9-13-22(14-10-16)12-6-11-20-19(23)21(3)15-18-8-5-4-7-17(18)2/h4-5,7-8,16H,6,9-15H2,1-3H3,(H,20,23). The van der Waals surface area contributed by atoms with Crippen molar-refractivity contribution in [3.63, 3.8) is 0 Å². The molecule has 0 unspecified atom stereocenters. The molecule has 1 N–H and O–H groups in total. The summed E-state index contributed by atoms with van der Waals surface area (Å²) < 4.78 is 0. The maximum absolute atomic E-state index is 12.2. The minimum absolute atomic E-state index is 0.0144. The summed E-state index contributed by atoms with van der Waals surface area (Å²) in [6.07, 6.45) is 3.65. The van der Waals surface area contributed by atoms with Crippen molar-refractivity contribution in [3.05, 3.63) is 35.4 Å². The first kappa shape index (κ1) is 17.8. The summed E-state index contributed by atoms with van der Waals surface area (Å²) in [7, 11) is 1.85. The number of hydrogen-bond donors (Lipinski definition) is 1. The Labute approximate surface area is 140 Å². The van der Waals surface area contributed by atoms with E-state index in [9.17, 15) is 4.79 Å². The molecule has 1 aliphatic heterocycles. The number of amides is 2. The first-order valence-electron chi connectivity index (χ1n) is 8.82. The molecule has 4 heteroatoms. The molecular formula is C19H31N3O. The molecule has 4 nitrogen and oxygen atoms in total. The molecule has 1 saturated heterocycles. The molecule has 23 heavy (non-hydrogen) atoms. The Morgan fingerprint density at radius 3 is 2.70 bits per heavy atom. The van der Waals surface area contributed by atoms with Crippen molar-refractivity contribution in [1.29, 1.82) is 0 Å². The fourth-order valence-electron chi connectivity index (χ4n) is 3.03. The van der Waals surface area contributed by atoms with Crippen LogP contribution in [0, 0.1) is 12.8 Å². The van der Waals surface area contributed by atoms with Crippen LogP contribution >= 0.6 is 0 Å². The molecule has 0 radical (unpaired) electrons. The van der Waals surface area contributed by atoms with E-state index in [4.69, 9.17) is 0 Å². The van der Waals surface area contributed by atoms with Crippen molar-refractivity contribution in [1.82, 2.24) is 15.1 Å². The van der Waals surface area contributed by atoms with Crippen molar-refractivity contribution in [2.75, 3.05) is 33.2 Å². The molecule has 0 aromatic heterocycles. The second kappa shape index (κ2) is 8.92. The average Bonchev–Trinajstić information content (AvgIpc) is 2.55. The number of carbonyl (C=O) groups excluding carboxylic acids is 1. The first-order chi connectivity index (χ1) is 11.1. The van der Waals surface area contributed by atoms with Gasteiger partial charge in [-0.15, -0.1) is 0 Å². The number of likely N-dealkylation sites (tertiary alicyclic amines) is 1. The Morgan fingerprint density at radius 1 is 1.30 bits per heavy atom. The monoisotopic (exact) mass is 317 g/mol. The van der Waals surface area contributed by atoms with E-state index in [0.717, 1.165) is 25.4 Å². The lowest BCUT2D eigenvalue weighted by molar-refractivity contribution is 0.187. The second-order valence-corrected chi connectivity index (χ2v) is 6.89. The number of carbonyl (C=O) groups is 1. The third-order valence-electron chi connectivity index (χ3n) is 4.82. The summed E-state index contributed by atoms with van der Waals surface area (Å²) in [6, 6.07) is 8.23. The number of nitrogens with zero attached hydrogens (tertiary/aromatic N) is 2. The molecule has 0 spiro atoms. The minimum Gasteiger partial charge on any atom is -0.338 e. The summed E-state index contributed by atoms with van der Waals surface area (Å²) >= 11 is 0. The SMILES string of the molecule is Cc1ccccc1CN(C)C(=O)NCCCN1CCC(C)CC1. The lowest BCUT2D eigenvalue weighted by Gasteiger charge is -2.30. The van der Waals surface area contributed by atoms with Crippen molar-refractivity contribution >= 4 is 6.03 Å². The fourth-order valence-corrected chi connectivity index (χ4v) is 3.03. The number of hydrogen-bond acceptors (Lipinski definition) is 2. The maximum Gasteiger partial charge on any atom is 0.317 e. The summed E-state index contributed by atoms with van der Waals surface area (Å²) in [6.45, 7) is 9.34. The van der Waals surface area contributed by atoms with E-state index in [1.807, 2.05) is 19.2 Å². The molecule has 2 amide bonds. The molecule has 0 saturated carbocycles. The van der Waals surface area contributed by atoms with Gasteiger partial charge in [0.1, 0.15) is 0 Å². The van der Waals surface area contributed by atoms with Crippen LogP contribution in [-0.2, 0) is 6.54 Å². The van der Waals surface area contributed by atoms with Gasteiger partial charge in [-0.3, -0.25) is 0 Å². The largest absolute Gasteiger partial charge is 0.338 e. The van der Waals surface area contributed by atoms with Gasteiger partial charge in [-0.1, -0.05) is 31.2 Å². The highest BCUT2D eigenvalue weighted by Gasteiger charge is 2.15. The van der Waals surface area contributed by atoms with Gasteiger partial charge in [0.25, 0.3) is 0 Å². The van der Waals surface area contributed by atoms with Gasteiger partial charge in [0.05, 0.1) is 0 Å². The van der Waals surface area contributed by atoms with Gasteiger partial charge in [0.15, 0.2) is 0 Å². The Kier molecular flexibility index (Phi) is 6.90. The topological polar surface area (TPSA) is 35.6 Å². The highest BCUT2D eigenvalue weighted by molar-refractivity contribution is 5.73. The maximum atomic E-state index is 12.2. The highest BCUT2D eigenvalue weighted by atomic mass is 16.2. The predicted molar refractivity (Wildman–Crippen MR) is 95.5 cm³/mol. The molecule has 0 aliphatic carbocycles. The second-order valence-electron chi connectivity index (χ2n) is 6.89. The Hall–Kier alpha value is -1.55. The van der Waals surface area contributed by atoms with Crippen molar-refractivity contribution in [3.8, 4) is 0 Å². The smallest absolute Gasteiger partial charge is 0.317 e. The van der Waals surface area contributed by atoms with Crippen LogP contribution in [0.2, 0.25) is 0 Å². The van der Waals surface area contributed by atoms with Crippen LogP contribution in [0.5, 0.6) is 0 Å². The lowest BCUT2D eigenvalue weighted by Crippen LogP contribution is -2.39. The number of nitrogens with one attached hydrogen (secondary N) is 1.